The van der Waals surface area contributed by atoms with Crippen molar-refractivity contribution in [1.82, 2.24) is 4.57 Å². The lowest BCUT2D eigenvalue weighted by molar-refractivity contribution is 0.0525. The van der Waals surface area contributed by atoms with Crippen molar-refractivity contribution in [2.75, 3.05) is 6.61 Å². The van der Waals surface area contributed by atoms with Crippen LogP contribution in [0, 0.1) is 0 Å². The maximum Gasteiger partial charge on any atom is 0.339 e. The summed E-state index contributed by atoms with van der Waals surface area (Å²) in [6.45, 7) is 3.08. The first-order chi connectivity index (χ1) is 8.79. The highest BCUT2D eigenvalue weighted by molar-refractivity contribution is 5.91. The third-order valence-electron chi connectivity index (χ3n) is 3.39. The van der Waals surface area contributed by atoms with Gasteiger partial charge in [-0.25, -0.2) is 4.79 Å². The fourth-order valence-corrected chi connectivity index (χ4v) is 2.49. The quantitative estimate of drug-likeness (QED) is 0.646. The summed E-state index contributed by atoms with van der Waals surface area (Å²) in [7, 11) is 0. The van der Waals surface area contributed by atoms with E-state index in [1.807, 2.05) is 25.3 Å². The van der Waals surface area contributed by atoms with E-state index in [0.717, 1.165) is 18.7 Å². The van der Waals surface area contributed by atoms with E-state index in [1.54, 1.807) is 0 Å². The van der Waals surface area contributed by atoms with E-state index < -0.39 is 0 Å². The van der Waals surface area contributed by atoms with E-state index in [9.17, 15) is 4.79 Å². The zero-order valence-electron chi connectivity index (χ0n) is 10.3. The molecule has 1 aliphatic heterocycles. The standard InChI is InChI=1S/C15H15NO2/c1-2-18-15(17)13-7-8-16-10-12-6-4-3-5-11(12)9-14(13)16/h3-8H,2,9-10H2,1H3. The minimum Gasteiger partial charge on any atom is -0.462 e. The Kier molecular flexibility index (Phi) is 2.67. The van der Waals surface area contributed by atoms with E-state index in [4.69, 9.17) is 4.74 Å². The van der Waals surface area contributed by atoms with Gasteiger partial charge >= 0.3 is 5.97 Å². The summed E-state index contributed by atoms with van der Waals surface area (Å²) in [4.78, 5) is 11.9. The van der Waals surface area contributed by atoms with Crippen molar-refractivity contribution in [3.8, 4) is 0 Å². The van der Waals surface area contributed by atoms with Gasteiger partial charge in [0.25, 0.3) is 0 Å². The first kappa shape index (κ1) is 11.1. The molecule has 1 aliphatic rings. The lowest BCUT2D eigenvalue weighted by Crippen LogP contribution is -2.16. The van der Waals surface area contributed by atoms with E-state index in [-0.39, 0.29) is 5.97 Å². The van der Waals surface area contributed by atoms with Gasteiger partial charge in [-0.1, -0.05) is 24.3 Å². The van der Waals surface area contributed by atoms with Crippen LogP contribution in [-0.2, 0) is 17.7 Å². The summed E-state index contributed by atoms with van der Waals surface area (Å²) >= 11 is 0. The van der Waals surface area contributed by atoms with Gasteiger partial charge in [-0.3, -0.25) is 0 Å². The average Bonchev–Trinajstić information content (AvgIpc) is 2.79. The monoisotopic (exact) mass is 241 g/mol. The Morgan fingerprint density at radius 3 is 2.83 bits per heavy atom. The molecule has 18 heavy (non-hydrogen) atoms. The zero-order chi connectivity index (χ0) is 12.5. The normalized spacial score (nSPS) is 12.7. The second kappa shape index (κ2) is 4.33. The number of hydrogen-bond donors (Lipinski definition) is 0. The lowest BCUT2D eigenvalue weighted by Gasteiger charge is -2.20. The molecule has 92 valence electrons. The van der Waals surface area contributed by atoms with E-state index >= 15 is 0 Å². The number of rotatable bonds is 2. The minimum absolute atomic E-state index is 0.217. The number of carbonyl (C=O) groups excluding carboxylic acids is 1. The second-order valence-corrected chi connectivity index (χ2v) is 4.47. The van der Waals surface area contributed by atoms with Crippen molar-refractivity contribution >= 4 is 5.97 Å². The highest BCUT2D eigenvalue weighted by Gasteiger charge is 2.21. The number of benzene rings is 1. The maximum atomic E-state index is 11.9. The minimum atomic E-state index is -0.217. The Balaban J connectivity index is 1.98. The fourth-order valence-electron chi connectivity index (χ4n) is 2.49. The van der Waals surface area contributed by atoms with Gasteiger partial charge in [0, 0.05) is 24.9 Å². The Morgan fingerprint density at radius 1 is 1.28 bits per heavy atom. The third kappa shape index (κ3) is 1.72. The molecule has 0 N–H and O–H groups in total. The van der Waals surface area contributed by atoms with Crippen LogP contribution in [0.3, 0.4) is 0 Å². The zero-order valence-corrected chi connectivity index (χ0v) is 10.3. The summed E-state index contributed by atoms with van der Waals surface area (Å²) in [5.41, 5.74) is 4.39. The molecule has 3 heteroatoms. The van der Waals surface area contributed by atoms with Crippen LogP contribution in [0.4, 0.5) is 0 Å². The third-order valence-corrected chi connectivity index (χ3v) is 3.39. The Labute approximate surface area is 106 Å². The molecule has 0 saturated heterocycles. The molecule has 0 amide bonds. The molecule has 3 nitrogen and oxygen atoms in total. The van der Waals surface area contributed by atoms with Crippen molar-refractivity contribution in [3.05, 3.63) is 58.9 Å². The largest absolute Gasteiger partial charge is 0.462 e. The predicted molar refractivity (Wildman–Crippen MR) is 68.7 cm³/mol. The van der Waals surface area contributed by atoms with Crippen LogP contribution in [0.5, 0.6) is 0 Å². The summed E-state index contributed by atoms with van der Waals surface area (Å²) in [5.74, 6) is -0.217. The van der Waals surface area contributed by atoms with Crippen LogP contribution in [0.15, 0.2) is 36.5 Å². The van der Waals surface area contributed by atoms with Gasteiger partial charge < -0.3 is 9.30 Å². The molecule has 1 aromatic heterocycles. The average molecular weight is 241 g/mol. The Hall–Kier alpha value is -2.03. The molecule has 3 rings (SSSR count). The highest BCUT2D eigenvalue weighted by Crippen LogP contribution is 2.25. The van der Waals surface area contributed by atoms with Crippen molar-refractivity contribution in [2.45, 2.75) is 19.9 Å². The fraction of sp³-hybridized carbons (Fsp3) is 0.267. The van der Waals surface area contributed by atoms with Gasteiger partial charge in [0.1, 0.15) is 0 Å². The number of nitrogens with zero attached hydrogens (tertiary/aromatic N) is 1. The van der Waals surface area contributed by atoms with Crippen LogP contribution < -0.4 is 0 Å². The molecule has 0 fully saturated rings. The molecule has 0 unspecified atom stereocenters. The molecule has 0 saturated carbocycles. The van der Waals surface area contributed by atoms with Gasteiger partial charge in [-0.05, 0) is 24.1 Å². The summed E-state index contributed by atoms with van der Waals surface area (Å²) in [6, 6.07) is 10.2. The molecule has 0 radical (unpaired) electrons. The highest BCUT2D eigenvalue weighted by atomic mass is 16.5. The molecule has 2 aromatic rings. The van der Waals surface area contributed by atoms with Gasteiger partial charge in [-0.15, -0.1) is 0 Å². The number of carbonyl (C=O) groups is 1. The molecule has 1 aromatic carbocycles. The van der Waals surface area contributed by atoms with Crippen molar-refractivity contribution in [2.24, 2.45) is 0 Å². The van der Waals surface area contributed by atoms with Gasteiger partial charge in [0.15, 0.2) is 0 Å². The Bertz CT molecular complexity index is 598. The van der Waals surface area contributed by atoms with Crippen LogP contribution >= 0.6 is 0 Å². The number of ether oxygens (including phenoxy) is 1. The number of aromatic nitrogens is 1. The SMILES string of the molecule is CCOC(=O)c1ccn2c1Cc1ccccc1C2. The van der Waals surface area contributed by atoms with Crippen LogP contribution in [0.25, 0.3) is 0 Å². The van der Waals surface area contributed by atoms with E-state index in [1.165, 1.54) is 11.1 Å². The van der Waals surface area contributed by atoms with Gasteiger partial charge in [0.05, 0.1) is 12.2 Å². The van der Waals surface area contributed by atoms with Crippen molar-refractivity contribution < 1.29 is 9.53 Å². The van der Waals surface area contributed by atoms with Gasteiger partial charge in [0.2, 0.25) is 0 Å². The van der Waals surface area contributed by atoms with E-state index in [2.05, 4.69) is 22.8 Å². The molecule has 0 atom stereocenters. The molecule has 2 heterocycles. The number of hydrogen-bond acceptors (Lipinski definition) is 2. The predicted octanol–water partition coefficient (Wildman–Crippen LogP) is 2.62. The first-order valence-corrected chi connectivity index (χ1v) is 6.21. The van der Waals surface area contributed by atoms with E-state index in [0.29, 0.717) is 12.2 Å². The molecular formula is C15H15NO2. The topological polar surface area (TPSA) is 31.2 Å². The van der Waals surface area contributed by atoms with Gasteiger partial charge in [-0.2, -0.15) is 0 Å². The Morgan fingerprint density at radius 2 is 2.06 bits per heavy atom. The molecule has 0 aliphatic carbocycles. The van der Waals surface area contributed by atoms with Crippen LogP contribution in [0.1, 0.15) is 34.1 Å². The van der Waals surface area contributed by atoms with Crippen LogP contribution in [-0.4, -0.2) is 17.1 Å². The molecular weight excluding hydrogens is 226 g/mol. The molecule has 0 spiro atoms. The number of fused-ring (bicyclic) bond motifs is 2. The molecule has 0 bridgehead atoms. The first-order valence-electron chi connectivity index (χ1n) is 6.21. The van der Waals surface area contributed by atoms with Crippen molar-refractivity contribution in [3.63, 3.8) is 0 Å². The van der Waals surface area contributed by atoms with Crippen molar-refractivity contribution in [1.29, 1.82) is 0 Å². The second-order valence-electron chi connectivity index (χ2n) is 4.47. The summed E-state index contributed by atoms with van der Waals surface area (Å²) in [5, 5.41) is 0. The summed E-state index contributed by atoms with van der Waals surface area (Å²) < 4.78 is 7.22. The lowest BCUT2D eigenvalue weighted by atomic mass is 9.98. The number of esters is 1. The maximum absolute atomic E-state index is 11.9. The van der Waals surface area contributed by atoms with Crippen LogP contribution in [0.2, 0.25) is 0 Å². The summed E-state index contributed by atoms with van der Waals surface area (Å²) in [6.07, 6.45) is 2.77. The smallest absolute Gasteiger partial charge is 0.339 e.